The number of nitrogens with two attached hydrogens (primary N) is 1. The van der Waals surface area contributed by atoms with Gasteiger partial charge in [-0.05, 0) is 18.7 Å². The second-order valence-electron chi connectivity index (χ2n) is 2.24. The third kappa shape index (κ3) is 6.11. The molecule has 0 fully saturated rings. The summed E-state index contributed by atoms with van der Waals surface area (Å²) in [5, 5.41) is 3.04. The molecule has 13 heavy (non-hydrogen) atoms. The van der Waals surface area contributed by atoms with Gasteiger partial charge in [0.05, 0.1) is 6.54 Å². The second kappa shape index (κ2) is 9.00. The fourth-order valence-electron chi connectivity index (χ4n) is 0.802. The Morgan fingerprint density at radius 1 is 1.46 bits per heavy atom. The van der Waals surface area contributed by atoms with Crippen LogP contribution in [0.15, 0.2) is 29.4 Å². The third-order valence-electron chi connectivity index (χ3n) is 1.31. The van der Waals surface area contributed by atoms with Gasteiger partial charge in [-0.2, -0.15) is 0 Å². The number of aliphatic imine (C=N–C) groups is 1. The minimum atomic E-state index is 0.600. The summed E-state index contributed by atoms with van der Waals surface area (Å²) in [6, 6.07) is 0. The predicted molar refractivity (Wildman–Crippen MR) is 58.7 cm³/mol. The van der Waals surface area contributed by atoms with Crippen molar-refractivity contribution in [3.63, 3.8) is 0 Å². The quantitative estimate of drug-likeness (QED) is 0.677. The minimum absolute atomic E-state index is 0.600. The SMILES string of the molecule is CC.NCCN=C1C=CCC=CN1. The molecule has 1 rings (SSSR count). The maximum absolute atomic E-state index is 5.31. The van der Waals surface area contributed by atoms with Gasteiger partial charge in [0.15, 0.2) is 0 Å². The van der Waals surface area contributed by atoms with E-state index in [0.717, 1.165) is 12.3 Å². The van der Waals surface area contributed by atoms with Crippen molar-refractivity contribution in [3.8, 4) is 0 Å². The molecular weight excluding hydrogens is 162 g/mol. The largest absolute Gasteiger partial charge is 0.347 e. The molecule has 3 N–H and O–H groups in total. The monoisotopic (exact) mass is 181 g/mol. The van der Waals surface area contributed by atoms with Crippen LogP contribution in [-0.4, -0.2) is 18.9 Å². The summed E-state index contributed by atoms with van der Waals surface area (Å²) in [5.41, 5.74) is 5.31. The van der Waals surface area contributed by atoms with E-state index in [-0.39, 0.29) is 0 Å². The van der Waals surface area contributed by atoms with E-state index in [0.29, 0.717) is 13.1 Å². The zero-order valence-corrected chi connectivity index (χ0v) is 8.46. The number of nitrogens with one attached hydrogen (secondary N) is 1. The molecule has 0 atom stereocenters. The van der Waals surface area contributed by atoms with E-state index in [1.807, 2.05) is 32.2 Å². The summed E-state index contributed by atoms with van der Waals surface area (Å²) in [6.45, 7) is 5.28. The first kappa shape index (κ1) is 11.9. The fourth-order valence-corrected chi connectivity index (χ4v) is 0.802. The van der Waals surface area contributed by atoms with Gasteiger partial charge in [0, 0.05) is 6.54 Å². The first-order valence-electron chi connectivity index (χ1n) is 4.76. The molecule has 0 radical (unpaired) electrons. The van der Waals surface area contributed by atoms with E-state index in [1.54, 1.807) is 0 Å². The lowest BCUT2D eigenvalue weighted by Gasteiger charge is -1.97. The first-order valence-corrected chi connectivity index (χ1v) is 4.76. The normalized spacial score (nSPS) is 17.3. The number of allylic oxidation sites excluding steroid dienone is 2. The highest BCUT2D eigenvalue weighted by Crippen LogP contribution is 1.91. The molecule has 0 aromatic rings. The highest BCUT2D eigenvalue weighted by molar-refractivity contribution is 5.93. The van der Waals surface area contributed by atoms with Gasteiger partial charge in [-0.3, -0.25) is 4.99 Å². The van der Waals surface area contributed by atoms with Gasteiger partial charge in [-0.1, -0.05) is 26.0 Å². The molecule has 0 amide bonds. The van der Waals surface area contributed by atoms with Crippen molar-refractivity contribution in [1.82, 2.24) is 5.32 Å². The molecule has 0 saturated heterocycles. The molecule has 0 aliphatic carbocycles. The van der Waals surface area contributed by atoms with Crippen molar-refractivity contribution in [3.05, 3.63) is 24.4 Å². The number of nitrogens with zero attached hydrogens (tertiary/aromatic N) is 1. The summed E-state index contributed by atoms with van der Waals surface area (Å²) < 4.78 is 0. The number of amidine groups is 1. The van der Waals surface area contributed by atoms with Crippen molar-refractivity contribution >= 4 is 5.84 Å². The van der Waals surface area contributed by atoms with E-state index < -0.39 is 0 Å². The molecule has 1 aliphatic rings. The van der Waals surface area contributed by atoms with Crippen molar-refractivity contribution in [2.24, 2.45) is 10.7 Å². The zero-order valence-electron chi connectivity index (χ0n) is 8.46. The molecule has 0 bridgehead atoms. The van der Waals surface area contributed by atoms with Gasteiger partial charge in [0.1, 0.15) is 5.84 Å². The Morgan fingerprint density at radius 3 is 2.92 bits per heavy atom. The maximum atomic E-state index is 5.31. The standard InChI is InChI=1S/C8H13N3.C2H6/c9-5-7-11-8-4-2-1-3-6-10-8;1-2/h2-4,6H,1,5,7,9H2,(H,10,11);1-2H3. The van der Waals surface area contributed by atoms with Crippen molar-refractivity contribution in [2.75, 3.05) is 13.1 Å². The van der Waals surface area contributed by atoms with E-state index in [4.69, 9.17) is 5.73 Å². The van der Waals surface area contributed by atoms with Crippen LogP contribution in [0.5, 0.6) is 0 Å². The Balaban J connectivity index is 0.000000671. The molecule has 0 saturated carbocycles. The van der Waals surface area contributed by atoms with E-state index in [1.165, 1.54) is 0 Å². The van der Waals surface area contributed by atoms with Crippen molar-refractivity contribution in [2.45, 2.75) is 20.3 Å². The molecule has 74 valence electrons. The van der Waals surface area contributed by atoms with Crippen LogP contribution in [0.3, 0.4) is 0 Å². The summed E-state index contributed by atoms with van der Waals surface area (Å²) in [4.78, 5) is 4.20. The first-order chi connectivity index (χ1) is 6.43. The van der Waals surface area contributed by atoms with Crippen LogP contribution in [0.2, 0.25) is 0 Å². The van der Waals surface area contributed by atoms with Crippen LogP contribution in [0, 0.1) is 0 Å². The van der Waals surface area contributed by atoms with Gasteiger partial charge >= 0.3 is 0 Å². The molecule has 1 heterocycles. The van der Waals surface area contributed by atoms with E-state index in [9.17, 15) is 0 Å². The van der Waals surface area contributed by atoms with Gasteiger partial charge in [-0.15, -0.1) is 0 Å². The Morgan fingerprint density at radius 2 is 2.23 bits per heavy atom. The van der Waals surface area contributed by atoms with Gasteiger partial charge in [0.25, 0.3) is 0 Å². The molecule has 0 unspecified atom stereocenters. The van der Waals surface area contributed by atoms with Crippen LogP contribution in [0.1, 0.15) is 20.3 Å². The van der Waals surface area contributed by atoms with Crippen molar-refractivity contribution < 1.29 is 0 Å². The Kier molecular flexibility index (Phi) is 8.25. The van der Waals surface area contributed by atoms with Crippen molar-refractivity contribution in [1.29, 1.82) is 0 Å². The highest BCUT2D eigenvalue weighted by atomic mass is 15.0. The fraction of sp³-hybridized carbons (Fsp3) is 0.500. The lowest BCUT2D eigenvalue weighted by Crippen LogP contribution is -2.15. The Hall–Kier alpha value is -1.09. The summed E-state index contributed by atoms with van der Waals surface area (Å²) in [5.74, 6) is 0.893. The summed E-state index contributed by atoms with van der Waals surface area (Å²) in [6.07, 6.45) is 8.94. The Bertz CT molecular complexity index is 192. The highest BCUT2D eigenvalue weighted by Gasteiger charge is 1.90. The molecule has 0 aromatic carbocycles. The van der Waals surface area contributed by atoms with Gasteiger partial charge < -0.3 is 11.1 Å². The van der Waals surface area contributed by atoms with Crippen LogP contribution in [0.25, 0.3) is 0 Å². The predicted octanol–water partition coefficient (Wildman–Crippen LogP) is 1.43. The average Bonchev–Trinajstić information content (AvgIpc) is 2.46. The lowest BCUT2D eigenvalue weighted by atomic mass is 10.4. The molecule has 0 spiro atoms. The third-order valence-corrected chi connectivity index (χ3v) is 1.31. The van der Waals surface area contributed by atoms with Crippen LogP contribution in [0.4, 0.5) is 0 Å². The van der Waals surface area contributed by atoms with E-state index >= 15 is 0 Å². The Labute approximate surface area is 80.4 Å². The maximum Gasteiger partial charge on any atom is 0.124 e. The number of hydrogen-bond donors (Lipinski definition) is 2. The molecule has 3 heteroatoms. The smallest absolute Gasteiger partial charge is 0.124 e. The minimum Gasteiger partial charge on any atom is -0.347 e. The van der Waals surface area contributed by atoms with E-state index in [2.05, 4.69) is 16.4 Å². The van der Waals surface area contributed by atoms with Gasteiger partial charge in [-0.25, -0.2) is 0 Å². The number of hydrogen-bond acceptors (Lipinski definition) is 2. The number of rotatable bonds is 2. The van der Waals surface area contributed by atoms with Crippen LogP contribution >= 0.6 is 0 Å². The average molecular weight is 181 g/mol. The molecule has 0 aromatic heterocycles. The topological polar surface area (TPSA) is 50.4 Å². The van der Waals surface area contributed by atoms with Crippen LogP contribution < -0.4 is 11.1 Å². The zero-order chi connectivity index (χ0) is 9.94. The summed E-state index contributed by atoms with van der Waals surface area (Å²) >= 11 is 0. The summed E-state index contributed by atoms with van der Waals surface area (Å²) in [7, 11) is 0. The van der Waals surface area contributed by atoms with Gasteiger partial charge in [0.2, 0.25) is 0 Å². The molecule has 3 nitrogen and oxygen atoms in total. The second-order valence-corrected chi connectivity index (χ2v) is 2.24. The van der Waals surface area contributed by atoms with Crippen LogP contribution in [-0.2, 0) is 0 Å². The molecular formula is C10H19N3. The lowest BCUT2D eigenvalue weighted by molar-refractivity contribution is 0.967. The molecule has 1 aliphatic heterocycles.